The zero-order valence-electron chi connectivity index (χ0n) is 42.3. The van der Waals surface area contributed by atoms with Crippen molar-refractivity contribution in [2.75, 3.05) is 23.7 Å². The van der Waals surface area contributed by atoms with Crippen molar-refractivity contribution in [3.8, 4) is 5.75 Å². The summed E-state index contributed by atoms with van der Waals surface area (Å²) in [4.78, 5) is 42.6. The Labute approximate surface area is 494 Å². The first-order chi connectivity index (χ1) is 32.9. The van der Waals surface area contributed by atoms with Crippen LogP contribution in [0, 0.1) is 6.07 Å². The van der Waals surface area contributed by atoms with Crippen molar-refractivity contribution in [2.45, 2.75) is 119 Å². The first-order valence-corrected chi connectivity index (χ1v) is 27.4. The Morgan fingerprint density at radius 1 is 0.753 bits per heavy atom. The van der Waals surface area contributed by atoms with E-state index in [1.165, 1.54) is 36.4 Å². The summed E-state index contributed by atoms with van der Waals surface area (Å²) in [6.07, 6.45) is 11.7. The van der Waals surface area contributed by atoms with Crippen LogP contribution in [0.25, 0.3) is 0 Å². The maximum atomic E-state index is 12.5. The second-order valence-corrected chi connectivity index (χ2v) is 22.9. The van der Waals surface area contributed by atoms with Gasteiger partial charge in [0.25, 0.3) is 11.8 Å². The molecule has 1 fully saturated rings. The SMILES string of the molecule is CC1(C)C(/C=C/C2=C(Oc3ccc(S(=O)(=O)[O-])cc3)C(=C/C=C3/N(CCCCCC(=O)ON4C(=O)CCC4=O)c4ccc(S(=O)(=O)[O-])cc4C3(C)C)/CCC2)=[N+](CCCCS(=O)(=O)[O-])c2cc[c-]cc21.[Na+].[Na+].[Na+]. The summed E-state index contributed by atoms with van der Waals surface area (Å²) in [6, 6.07) is 18.3. The van der Waals surface area contributed by atoms with E-state index in [0.717, 1.165) is 33.8 Å². The molecule has 0 saturated carbocycles. The number of allylic oxidation sites excluding steroid dienone is 7. The third kappa shape index (κ3) is 15.0. The number of anilines is 1. The molecule has 0 aromatic heterocycles. The number of nitrogens with zero attached hydrogens (tertiary/aromatic N) is 3. The van der Waals surface area contributed by atoms with E-state index in [4.69, 9.17) is 9.57 Å². The molecular weight excluding hydrogens is 1030 g/mol. The zero-order chi connectivity index (χ0) is 50.8. The van der Waals surface area contributed by atoms with E-state index in [-0.39, 0.29) is 125 Å². The zero-order valence-corrected chi connectivity index (χ0v) is 50.7. The van der Waals surface area contributed by atoms with Crippen LogP contribution >= 0.6 is 0 Å². The van der Waals surface area contributed by atoms with Gasteiger partial charge in [0.1, 0.15) is 44.0 Å². The van der Waals surface area contributed by atoms with E-state index in [2.05, 4.69) is 24.5 Å². The molecule has 3 aliphatic heterocycles. The van der Waals surface area contributed by atoms with Crippen molar-refractivity contribution >= 4 is 65.2 Å². The van der Waals surface area contributed by atoms with Gasteiger partial charge in [0, 0.05) is 66.3 Å². The fraction of sp³-hybridized carbons (Fsp3) is 0.400. The third-order valence-corrected chi connectivity index (χ3v) is 15.5. The van der Waals surface area contributed by atoms with E-state index in [9.17, 15) is 53.3 Å². The fourth-order valence-electron chi connectivity index (χ4n) is 9.43. The second kappa shape index (κ2) is 25.6. The van der Waals surface area contributed by atoms with Crippen LogP contribution in [0.5, 0.6) is 5.75 Å². The molecule has 0 radical (unpaired) electrons. The Morgan fingerprint density at radius 2 is 1.41 bits per heavy atom. The summed E-state index contributed by atoms with van der Waals surface area (Å²) in [7, 11) is -13.9. The standard InChI is InChI=1S/C50H57N3O14S3.3Na/c1-49(2)39-15-7-8-16-41(39)51(31-10-11-32-68(57,58)59)43(49)26-18-34-13-12-14-35(48(34)66-36-20-22-37(23-21-36)69(60,61)62)19-27-44-50(3,4)40-33-38(70(63,64)65)24-25-42(40)52(44)30-9-5-6-17-47(56)67-53-45(54)28-29-46(53)55;;;/h8,15-16,18-27,33H,5-6,9-14,17,28-32H2,1-4H3,(H,57,58,59)(H,60,61,62)(H,63,64,65);;;/q;3*+1/p-3. The summed E-state index contributed by atoms with van der Waals surface area (Å²) < 4.78 is 115. The molecular formula is C50H54N3Na3O14S3. The molecule has 73 heavy (non-hydrogen) atoms. The van der Waals surface area contributed by atoms with Gasteiger partial charge in [-0.3, -0.25) is 9.59 Å². The molecule has 1 saturated heterocycles. The number of ether oxygens (including phenoxy) is 1. The number of hydroxylamine groups is 2. The minimum atomic E-state index is -4.80. The summed E-state index contributed by atoms with van der Waals surface area (Å²) >= 11 is 0. The van der Waals surface area contributed by atoms with Crippen LogP contribution < -0.4 is 98.3 Å². The number of benzene rings is 3. The summed E-state index contributed by atoms with van der Waals surface area (Å²) in [6.45, 7) is 8.87. The van der Waals surface area contributed by atoms with Gasteiger partial charge < -0.3 is 28.1 Å². The van der Waals surface area contributed by atoms with Gasteiger partial charge in [-0.25, -0.2) is 34.6 Å². The Bertz CT molecular complexity index is 3100. The molecule has 3 aromatic rings. The number of rotatable bonds is 19. The van der Waals surface area contributed by atoms with Gasteiger partial charge in [0.2, 0.25) is 0 Å². The predicted octanol–water partition coefficient (Wildman–Crippen LogP) is -2.14. The maximum absolute atomic E-state index is 12.5. The number of imide groups is 1. The molecule has 0 spiro atoms. The van der Waals surface area contributed by atoms with Crippen LogP contribution in [0.4, 0.5) is 11.4 Å². The molecule has 0 unspecified atom stereocenters. The van der Waals surface area contributed by atoms with Crippen molar-refractivity contribution in [1.82, 2.24) is 5.06 Å². The number of amides is 2. The molecule has 7 rings (SSSR count). The van der Waals surface area contributed by atoms with Crippen molar-refractivity contribution in [1.29, 1.82) is 0 Å². The molecule has 4 aliphatic rings. The monoisotopic (exact) mass is 1090 g/mol. The van der Waals surface area contributed by atoms with Crippen LogP contribution in [-0.2, 0) is 60.4 Å². The van der Waals surface area contributed by atoms with Crippen LogP contribution in [0.2, 0.25) is 0 Å². The van der Waals surface area contributed by atoms with Gasteiger partial charge in [-0.1, -0.05) is 45.8 Å². The Hall–Kier alpha value is -2.77. The minimum Gasteiger partial charge on any atom is -0.748 e. The van der Waals surface area contributed by atoms with Crippen molar-refractivity contribution in [3.63, 3.8) is 0 Å². The molecule has 23 heteroatoms. The number of fused-ring (bicyclic) bond motifs is 2. The molecule has 3 heterocycles. The molecule has 3 aromatic carbocycles. The van der Waals surface area contributed by atoms with Gasteiger partial charge in [-0.15, -0.1) is 11.1 Å². The van der Waals surface area contributed by atoms with E-state index in [1.54, 1.807) is 6.07 Å². The Balaban J connectivity index is 0.00000385. The van der Waals surface area contributed by atoms with Crippen LogP contribution in [0.1, 0.15) is 109 Å². The normalized spacial score (nSPS) is 18.5. The number of unbranched alkanes of at least 4 members (excludes halogenated alkanes) is 3. The van der Waals surface area contributed by atoms with E-state index in [1.807, 2.05) is 61.3 Å². The summed E-state index contributed by atoms with van der Waals surface area (Å²) in [5.74, 6) is -1.55. The summed E-state index contributed by atoms with van der Waals surface area (Å²) in [5, 5.41) is 0.518. The topological polar surface area (TPSA) is 251 Å². The molecule has 17 nitrogen and oxygen atoms in total. The largest absolute Gasteiger partial charge is 1.00 e. The van der Waals surface area contributed by atoms with Gasteiger partial charge >= 0.3 is 94.6 Å². The molecule has 1 aliphatic carbocycles. The quantitative estimate of drug-likeness (QED) is 0.0310. The predicted molar refractivity (Wildman–Crippen MR) is 254 cm³/mol. The van der Waals surface area contributed by atoms with Crippen LogP contribution in [-0.4, -0.2) is 90.9 Å². The van der Waals surface area contributed by atoms with Gasteiger partial charge in [-0.2, -0.15) is 18.2 Å². The van der Waals surface area contributed by atoms with E-state index < -0.39 is 69.6 Å². The number of hydrogen-bond donors (Lipinski definition) is 0. The van der Waals surface area contributed by atoms with Gasteiger partial charge in [-0.05, 0) is 110 Å². The number of carbonyl (C=O) groups is 3. The van der Waals surface area contributed by atoms with Crippen molar-refractivity contribution < 1.29 is 156 Å². The number of carbonyl (C=O) groups excluding carboxylic acids is 3. The van der Waals surface area contributed by atoms with E-state index in [0.29, 0.717) is 80.1 Å². The Morgan fingerprint density at radius 3 is 2.05 bits per heavy atom. The fourth-order valence-corrected chi connectivity index (χ4v) is 11.0. The maximum Gasteiger partial charge on any atom is 1.00 e. The molecule has 374 valence electrons. The Kier molecular flexibility index (Phi) is 22.0. The van der Waals surface area contributed by atoms with Gasteiger partial charge in [0.05, 0.1) is 19.9 Å². The number of hydrogen-bond acceptors (Lipinski definition) is 15. The van der Waals surface area contributed by atoms with Crippen LogP contribution in [0.15, 0.2) is 117 Å². The molecule has 0 bridgehead atoms. The van der Waals surface area contributed by atoms with E-state index >= 15 is 0 Å². The average molecular weight is 1090 g/mol. The average Bonchev–Trinajstić information content (AvgIpc) is 3.80. The first kappa shape index (κ1) is 62.8. The molecule has 0 atom stereocenters. The van der Waals surface area contributed by atoms with Crippen molar-refractivity contribution in [3.05, 3.63) is 125 Å². The first-order valence-electron chi connectivity index (χ1n) is 23.0. The second-order valence-electron chi connectivity index (χ2n) is 18.7. The summed E-state index contributed by atoms with van der Waals surface area (Å²) in [5.41, 5.74) is 5.16. The van der Waals surface area contributed by atoms with Crippen molar-refractivity contribution in [2.24, 2.45) is 0 Å². The smallest absolute Gasteiger partial charge is 0.748 e. The van der Waals surface area contributed by atoms with Gasteiger partial charge in [0.15, 0.2) is 5.71 Å². The molecule has 0 N–H and O–H groups in total. The molecule has 2 amide bonds. The van der Waals surface area contributed by atoms with Crippen LogP contribution in [0.3, 0.4) is 0 Å². The minimum absolute atomic E-state index is 0. The third-order valence-electron chi connectivity index (χ3n) is 13.1.